The fourth-order valence-corrected chi connectivity index (χ4v) is 2.78. The van der Waals surface area contributed by atoms with Gasteiger partial charge in [-0.05, 0) is 48.7 Å². The maximum atomic E-state index is 13.2. The van der Waals surface area contributed by atoms with Crippen molar-refractivity contribution >= 4 is 27.5 Å². The van der Waals surface area contributed by atoms with Gasteiger partial charge in [-0.1, -0.05) is 52.7 Å². The van der Waals surface area contributed by atoms with Gasteiger partial charge in [0.1, 0.15) is 5.82 Å². The molecule has 2 rings (SSSR count). The average Bonchev–Trinajstić information content (AvgIpc) is 2.48. The predicted octanol–water partition coefficient (Wildman–Crippen LogP) is 6.04. The summed E-state index contributed by atoms with van der Waals surface area (Å²) in [6, 6.07) is 13.5. The predicted molar refractivity (Wildman–Crippen MR) is 90.1 cm³/mol. The van der Waals surface area contributed by atoms with Gasteiger partial charge in [0.25, 0.3) is 0 Å². The first-order valence-electron chi connectivity index (χ1n) is 6.97. The van der Waals surface area contributed by atoms with Crippen LogP contribution in [0.4, 0.5) is 4.39 Å². The second kappa shape index (κ2) is 7.39. The fourth-order valence-electron chi connectivity index (χ4n) is 2.32. The topological polar surface area (TPSA) is 12.0 Å². The Hall–Kier alpha value is -0.900. The minimum absolute atomic E-state index is 0.0942. The van der Waals surface area contributed by atoms with Crippen molar-refractivity contribution in [3.63, 3.8) is 0 Å². The van der Waals surface area contributed by atoms with Gasteiger partial charge >= 0.3 is 0 Å². The SMILES string of the molecule is CCC(NC(C)c1ccc(F)c(Cl)c1)c1ccc(Br)cc1. The Bertz CT molecular complexity index is 600. The molecular formula is C17H18BrClFN. The maximum absolute atomic E-state index is 13.2. The zero-order chi connectivity index (χ0) is 15.4. The smallest absolute Gasteiger partial charge is 0.141 e. The molecule has 0 aliphatic carbocycles. The molecule has 0 bridgehead atoms. The molecule has 0 heterocycles. The van der Waals surface area contributed by atoms with Crippen molar-refractivity contribution < 1.29 is 4.39 Å². The van der Waals surface area contributed by atoms with Gasteiger partial charge in [0.2, 0.25) is 0 Å². The van der Waals surface area contributed by atoms with Crippen molar-refractivity contribution in [1.29, 1.82) is 0 Å². The monoisotopic (exact) mass is 369 g/mol. The van der Waals surface area contributed by atoms with Gasteiger partial charge in [-0.15, -0.1) is 0 Å². The molecule has 2 unspecified atom stereocenters. The summed E-state index contributed by atoms with van der Waals surface area (Å²) >= 11 is 9.30. The standard InChI is InChI=1S/C17H18BrClFN/c1-3-17(12-4-7-14(18)8-5-12)21-11(2)13-6-9-16(20)15(19)10-13/h4-11,17,21H,3H2,1-2H3. The Labute approximate surface area is 138 Å². The van der Waals surface area contributed by atoms with Gasteiger partial charge < -0.3 is 5.32 Å². The normalized spacial score (nSPS) is 14.0. The van der Waals surface area contributed by atoms with E-state index in [9.17, 15) is 4.39 Å². The van der Waals surface area contributed by atoms with Crippen LogP contribution in [0.25, 0.3) is 0 Å². The van der Waals surface area contributed by atoms with Crippen LogP contribution in [0.15, 0.2) is 46.9 Å². The lowest BCUT2D eigenvalue weighted by Crippen LogP contribution is -2.24. The van der Waals surface area contributed by atoms with Crippen molar-refractivity contribution in [2.24, 2.45) is 0 Å². The second-order valence-corrected chi connectivity index (χ2v) is 6.40. The molecule has 4 heteroatoms. The van der Waals surface area contributed by atoms with Gasteiger partial charge in [-0.25, -0.2) is 4.39 Å². The summed E-state index contributed by atoms with van der Waals surface area (Å²) in [5, 5.41) is 3.73. The lowest BCUT2D eigenvalue weighted by Gasteiger charge is -2.23. The first-order chi connectivity index (χ1) is 10.0. The average molecular weight is 371 g/mol. The van der Waals surface area contributed by atoms with Crippen LogP contribution in [0.2, 0.25) is 5.02 Å². The second-order valence-electron chi connectivity index (χ2n) is 5.07. The van der Waals surface area contributed by atoms with Crippen LogP contribution >= 0.6 is 27.5 Å². The molecule has 1 N–H and O–H groups in total. The van der Waals surface area contributed by atoms with Crippen molar-refractivity contribution in [2.45, 2.75) is 32.4 Å². The van der Waals surface area contributed by atoms with E-state index < -0.39 is 0 Å². The highest BCUT2D eigenvalue weighted by Crippen LogP contribution is 2.25. The first kappa shape index (κ1) is 16.5. The van der Waals surface area contributed by atoms with E-state index in [-0.39, 0.29) is 22.9 Å². The van der Waals surface area contributed by atoms with Crippen molar-refractivity contribution in [3.05, 3.63) is 68.9 Å². The largest absolute Gasteiger partial charge is 0.303 e. The number of hydrogen-bond donors (Lipinski definition) is 1. The summed E-state index contributed by atoms with van der Waals surface area (Å²) in [5.74, 6) is -0.382. The van der Waals surface area contributed by atoms with E-state index >= 15 is 0 Å². The van der Waals surface area contributed by atoms with E-state index in [1.165, 1.54) is 11.6 Å². The first-order valence-corrected chi connectivity index (χ1v) is 8.14. The van der Waals surface area contributed by atoms with Crippen LogP contribution in [-0.2, 0) is 0 Å². The Morgan fingerprint density at radius 3 is 2.33 bits per heavy atom. The molecule has 2 aromatic rings. The molecule has 1 nitrogen and oxygen atoms in total. The fraction of sp³-hybridized carbons (Fsp3) is 0.294. The van der Waals surface area contributed by atoms with E-state index in [0.717, 1.165) is 16.5 Å². The van der Waals surface area contributed by atoms with E-state index in [1.807, 2.05) is 12.1 Å². The maximum Gasteiger partial charge on any atom is 0.141 e. The van der Waals surface area contributed by atoms with Gasteiger partial charge in [-0.3, -0.25) is 0 Å². The lowest BCUT2D eigenvalue weighted by atomic mass is 10.0. The highest BCUT2D eigenvalue weighted by atomic mass is 79.9. The summed E-state index contributed by atoms with van der Waals surface area (Å²) in [6.07, 6.45) is 0.973. The quantitative estimate of drug-likeness (QED) is 0.676. The number of hydrogen-bond acceptors (Lipinski definition) is 1. The molecule has 0 saturated carbocycles. The summed E-state index contributed by atoms with van der Waals surface area (Å²) in [6.45, 7) is 4.20. The summed E-state index contributed by atoms with van der Waals surface area (Å²) in [7, 11) is 0. The van der Waals surface area contributed by atoms with Crippen molar-refractivity contribution in [3.8, 4) is 0 Å². The lowest BCUT2D eigenvalue weighted by molar-refractivity contribution is 0.456. The third kappa shape index (κ3) is 4.29. The van der Waals surface area contributed by atoms with Crippen LogP contribution < -0.4 is 5.32 Å². The molecule has 0 saturated heterocycles. The van der Waals surface area contributed by atoms with Crippen molar-refractivity contribution in [1.82, 2.24) is 5.32 Å². The molecule has 0 fully saturated rings. The molecule has 0 radical (unpaired) electrons. The zero-order valence-electron chi connectivity index (χ0n) is 12.0. The van der Waals surface area contributed by atoms with Gasteiger partial charge in [0.15, 0.2) is 0 Å². The van der Waals surface area contributed by atoms with Gasteiger partial charge in [-0.2, -0.15) is 0 Å². The summed E-state index contributed by atoms with van der Waals surface area (Å²) in [4.78, 5) is 0. The number of benzene rings is 2. The minimum Gasteiger partial charge on any atom is -0.303 e. The molecule has 21 heavy (non-hydrogen) atoms. The summed E-state index contributed by atoms with van der Waals surface area (Å²) in [5.41, 5.74) is 2.22. The molecule has 0 spiro atoms. The Morgan fingerprint density at radius 1 is 1.14 bits per heavy atom. The Balaban J connectivity index is 2.13. The molecule has 0 aliphatic heterocycles. The highest BCUT2D eigenvalue weighted by Gasteiger charge is 2.14. The Kier molecular flexibility index (Phi) is 5.80. The van der Waals surface area contributed by atoms with Crippen LogP contribution in [0, 0.1) is 5.82 Å². The Morgan fingerprint density at radius 2 is 1.76 bits per heavy atom. The summed E-state index contributed by atoms with van der Waals surface area (Å²) < 4.78 is 14.3. The number of halogens is 3. The molecular weight excluding hydrogens is 353 g/mol. The number of rotatable bonds is 5. The van der Waals surface area contributed by atoms with E-state index in [4.69, 9.17) is 11.6 Å². The minimum atomic E-state index is -0.382. The molecule has 0 aliphatic rings. The van der Waals surface area contributed by atoms with Crippen LogP contribution in [0.3, 0.4) is 0 Å². The van der Waals surface area contributed by atoms with Gasteiger partial charge in [0, 0.05) is 16.6 Å². The molecule has 2 atom stereocenters. The molecule has 0 amide bonds. The van der Waals surface area contributed by atoms with Crippen LogP contribution in [0.5, 0.6) is 0 Å². The molecule has 2 aromatic carbocycles. The van der Waals surface area contributed by atoms with Gasteiger partial charge in [0.05, 0.1) is 5.02 Å². The molecule has 112 valence electrons. The number of nitrogens with one attached hydrogen (secondary N) is 1. The van der Waals surface area contributed by atoms with E-state index in [1.54, 1.807) is 12.1 Å². The van der Waals surface area contributed by atoms with Crippen LogP contribution in [-0.4, -0.2) is 0 Å². The van der Waals surface area contributed by atoms with Crippen molar-refractivity contribution in [2.75, 3.05) is 0 Å². The van der Waals surface area contributed by atoms with E-state index in [0.29, 0.717) is 0 Å². The zero-order valence-corrected chi connectivity index (χ0v) is 14.4. The third-order valence-corrected chi connectivity index (χ3v) is 4.39. The highest BCUT2D eigenvalue weighted by molar-refractivity contribution is 9.10. The van der Waals surface area contributed by atoms with E-state index in [2.05, 4.69) is 47.2 Å². The molecule has 0 aromatic heterocycles. The third-order valence-electron chi connectivity index (χ3n) is 3.58. The van der Waals surface area contributed by atoms with Crippen LogP contribution in [0.1, 0.15) is 43.5 Å².